The number of piperidine rings is 1. The van der Waals surface area contributed by atoms with Crippen LogP contribution >= 0.6 is 0 Å². The molecule has 3 heterocycles. The Morgan fingerprint density at radius 1 is 0.789 bits per heavy atom. The maximum absolute atomic E-state index is 13.3. The maximum atomic E-state index is 13.3. The zero-order valence-electron chi connectivity index (χ0n) is 32.3. The zero-order valence-corrected chi connectivity index (χ0v) is 32.3. The highest BCUT2D eigenvalue weighted by Gasteiger charge is 2.50. The molecule has 0 aliphatic carbocycles. The van der Waals surface area contributed by atoms with Crippen LogP contribution in [-0.2, 0) is 37.0 Å². The quantitative estimate of drug-likeness (QED) is 0.0566. The third kappa shape index (κ3) is 9.89. The second-order valence-electron chi connectivity index (χ2n) is 15.3. The molecule has 0 saturated carbocycles. The minimum absolute atomic E-state index is 0.0221. The third-order valence-corrected chi connectivity index (χ3v) is 11.5. The summed E-state index contributed by atoms with van der Waals surface area (Å²) in [7, 11) is 0. The van der Waals surface area contributed by atoms with Gasteiger partial charge in [0, 0.05) is 56.7 Å². The number of para-hydroxylation sites is 1. The summed E-state index contributed by atoms with van der Waals surface area (Å²) in [4.78, 5) is 41.6. The Bertz CT molecular complexity index is 1970. The number of nitrogens with one attached hydrogen (secondary N) is 3. The van der Waals surface area contributed by atoms with E-state index in [2.05, 4.69) is 56.8 Å². The Morgan fingerprint density at radius 2 is 1.51 bits per heavy atom. The molecule has 5 N–H and O–H groups in total. The number of amides is 3. The molecule has 3 amide bonds. The van der Waals surface area contributed by atoms with Crippen LogP contribution in [0.15, 0.2) is 103 Å². The lowest BCUT2D eigenvalue weighted by atomic mass is 9.85. The molecule has 0 unspecified atom stereocenters. The Kier molecular flexibility index (Phi) is 13.3. The first-order chi connectivity index (χ1) is 27.8. The summed E-state index contributed by atoms with van der Waals surface area (Å²) >= 11 is 0. The van der Waals surface area contributed by atoms with Gasteiger partial charge in [-0.2, -0.15) is 0 Å². The summed E-state index contributed by atoms with van der Waals surface area (Å²) in [6.45, 7) is 3.15. The average molecular weight is 776 g/mol. The first-order valence-electron chi connectivity index (χ1n) is 20.1. The fraction of sp³-hybridized carbons (Fsp3) is 0.400. The number of ether oxygens (including phenoxy) is 2. The Hall–Kier alpha value is -5.11. The highest BCUT2D eigenvalue weighted by molar-refractivity contribution is 5.93. The fourth-order valence-electron chi connectivity index (χ4n) is 8.28. The van der Waals surface area contributed by atoms with Crippen LogP contribution in [0.2, 0.25) is 0 Å². The summed E-state index contributed by atoms with van der Waals surface area (Å²) in [5.41, 5.74) is 7.91. The van der Waals surface area contributed by atoms with Crippen molar-refractivity contribution in [3.63, 3.8) is 0 Å². The number of nitrogens with zero attached hydrogens (tertiary/aromatic N) is 2. The van der Waals surface area contributed by atoms with Crippen LogP contribution in [0.3, 0.4) is 0 Å². The van der Waals surface area contributed by atoms with Crippen LogP contribution in [0, 0.1) is 0 Å². The molecule has 300 valence electrons. The first kappa shape index (κ1) is 40.1. The van der Waals surface area contributed by atoms with Gasteiger partial charge in [0.15, 0.2) is 6.29 Å². The lowest BCUT2D eigenvalue weighted by molar-refractivity contribution is -0.253. The number of likely N-dealkylation sites (tertiary alicyclic amines) is 1. The van der Waals surface area contributed by atoms with E-state index in [-0.39, 0.29) is 37.0 Å². The molecule has 57 heavy (non-hydrogen) atoms. The second kappa shape index (κ2) is 18.9. The van der Waals surface area contributed by atoms with Gasteiger partial charge in [-0.15, -0.1) is 0 Å². The number of hydrogen-bond acceptors (Lipinski definition) is 9. The predicted molar refractivity (Wildman–Crippen MR) is 215 cm³/mol. The minimum atomic E-state index is -0.614. The molecule has 3 atom stereocenters. The van der Waals surface area contributed by atoms with Gasteiger partial charge >= 0.3 is 0 Å². The Balaban J connectivity index is 1.01. The molecule has 12 heteroatoms. The molecule has 0 radical (unpaired) electrons. The highest BCUT2D eigenvalue weighted by Crippen LogP contribution is 2.41. The number of hydrogen-bond donors (Lipinski definition) is 5. The molecule has 3 aliphatic heterocycles. The van der Waals surface area contributed by atoms with E-state index in [4.69, 9.17) is 14.7 Å². The van der Waals surface area contributed by atoms with Crippen LogP contribution in [-0.4, -0.2) is 70.9 Å². The summed E-state index contributed by atoms with van der Waals surface area (Å²) in [5, 5.41) is 24.4. The van der Waals surface area contributed by atoms with Crippen LogP contribution in [0.1, 0.15) is 86.0 Å². The van der Waals surface area contributed by atoms with E-state index in [0.29, 0.717) is 45.4 Å². The molecule has 1 spiro atoms. The molecule has 0 bridgehead atoms. The van der Waals surface area contributed by atoms with Gasteiger partial charge in [-0.1, -0.05) is 85.3 Å². The number of unbranched alkanes of at least 4 members (excludes halogenated alkanes) is 2. The fourth-order valence-corrected chi connectivity index (χ4v) is 8.28. The molecule has 12 nitrogen and oxygen atoms in total. The summed E-state index contributed by atoms with van der Waals surface area (Å²) in [6.07, 6.45) is 3.79. The van der Waals surface area contributed by atoms with Gasteiger partial charge in [-0.3, -0.25) is 19.6 Å². The van der Waals surface area contributed by atoms with E-state index in [1.54, 1.807) is 5.48 Å². The normalized spacial score (nSPS) is 20.6. The predicted octanol–water partition coefficient (Wildman–Crippen LogP) is 5.89. The van der Waals surface area contributed by atoms with Crippen molar-refractivity contribution in [1.82, 2.24) is 21.0 Å². The summed E-state index contributed by atoms with van der Waals surface area (Å²) < 4.78 is 13.5. The lowest BCUT2D eigenvalue weighted by Gasteiger charge is -2.45. The number of hydroxylamine groups is 1. The molecular weight excluding hydrogens is 723 g/mol. The number of carbonyl (C=O) groups excluding carboxylic acids is 3. The lowest BCUT2D eigenvalue weighted by Crippen LogP contribution is -2.57. The number of anilines is 1. The van der Waals surface area contributed by atoms with Gasteiger partial charge in [0.25, 0.3) is 0 Å². The van der Waals surface area contributed by atoms with E-state index >= 15 is 0 Å². The summed E-state index contributed by atoms with van der Waals surface area (Å²) in [5.74, 6) is -0.356. The molecule has 0 aromatic heterocycles. The van der Waals surface area contributed by atoms with Crippen LogP contribution < -0.4 is 21.0 Å². The topological polar surface area (TPSA) is 153 Å². The largest absolute Gasteiger partial charge is 0.392 e. The maximum Gasteiger partial charge on any atom is 0.247 e. The van der Waals surface area contributed by atoms with Crippen LogP contribution in [0.5, 0.6) is 0 Å². The second-order valence-corrected chi connectivity index (χ2v) is 15.3. The van der Waals surface area contributed by atoms with E-state index in [1.807, 2.05) is 66.7 Å². The van der Waals surface area contributed by atoms with Crippen molar-refractivity contribution < 1.29 is 34.2 Å². The molecule has 4 aromatic carbocycles. The summed E-state index contributed by atoms with van der Waals surface area (Å²) in [6, 6.07) is 34.4. The van der Waals surface area contributed by atoms with Gasteiger partial charge < -0.3 is 35.0 Å². The monoisotopic (exact) mass is 775 g/mol. The van der Waals surface area contributed by atoms with E-state index in [9.17, 15) is 19.5 Å². The van der Waals surface area contributed by atoms with Crippen molar-refractivity contribution in [2.45, 2.75) is 88.6 Å². The minimum Gasteiger partial charge on any atom is -0.392 e. The van der Waals surface area contributed by atoms with E-state index in [0.717, 1.165) is 71.4 Å². The van der Waals surface area contributed by atoms with Gasteiger partial charge in [-0.05, 0) is 77.8 Å². The number of aliphatic hydroxyl groups excluding tert-OH is 1. The smallest absolute Gasteiger partial charge is 0.247 e. The van der Waals surface area contributed by atoms with Gasteiger partial charge in [0.1, 0.15) is 5.54 Å². The van der Waals surface area contributed by atoms with E-state index < -0.39 is 17.7 Å². The average Bonchev–Trinajstić information content (AvgIpc) is 3.57. The standard InChI is InChI=1S/C45H53N5O7/c51-30-32-17-19-34(20-18-32)40-27-39(29-49-23-21-45(22-24-49)44(54)47-31-50(45)38-13-3-1-4-14-38)56-43(57-40)37-12-8-11-36(26-37)35-10-7-9-33(25-35)28-46-41(52)15-5-2-6-16-42(53)48-55/h1,3-4,7-14,17-20,25-26,39-40,43,51,55H,2,5-6,15-16,21-24,27-31H2,(H,46,52)(H,47,54)(H,48,53)/t39-,40+,43+/m1/s1. The molecule has 4 aromatic rings. The van der Waals surface area contributed by atoms with Gasteiger partial charge in [0.2, 0.25) is 17.7 Å². The molecule has 3 aliphatic rings. The van der Waals surface area contributed by atoms with Crippen molar-refractivity contribution in [2.75, 3.05) is 31.2 Å². The Labute approximate surface area is 334 Å². The number of carbonyl (C=O) groups is 3. The number of aliphatic hydroxyl groups is 1. The number of benzene rings is 4. The zero-order chi connectivity index (χ0) is 39.6. The van der Waals surface area contributed by atoms with Crippen molar-refractivity contribution in [3.8, 4) is 11.1 Å². The SMILES string of the molecule is O=C(CCCCCC(=O)NCc1cccc(-c2cccc([C@H]3O[C@@H](CN4CCC5(CC4)C(=O)NCN5c4ccccc4)C[C@@H](c4ccc(CO)cc4)O3)c2)c1)NO. The van der Waals surface area contributed by atoms with Crippen molar-refractivity contribution >= 4 is 23.4 Å². The van der Waals surface area contributed by atoms with E-state index in [1.165, 1.54) is 0 Å². The Morgan fingerprint density at radius 3 is 2.25 bits per heavy atom. The number of rotatable bonds is 15. The first-order valence-corrected chi connectivity index (χ1v) is 20.1. The van der Waals surface area contributed by atoms with Gasteiger partial charge in [-0.25, -0.2) is 5.48 Å². The molecule has 7 rings (SSSR count). The highest BCUT2D eigenvalue weighted by atomic mass is 16.7. The molecule has 3 saturated heterocycles. The molecular formula is C45H53N5O7. The van der Waals surface area contributed by atoms with Crippen molar-refractivity contribution in [1.29, 1.82) is 0 Å². The van der Waals surface area contributed by atoms with Crippen LogP contribution in [0.25, 0.3) is 11.1 Å². The molecule has 3 fully saturated rings. The van der Waals surface area contributed by atoms with Gasteiger partial charge in [0.05, 0.1) is 25.5 Å². The third-order valence-electron chi connectivity index (χ3n) is 11.5. The van der Waals surface area contributed by atoms with Crippen molar-refractivity contribution in [2.24, 2.45) is 0 Å². The van der Waals surface area contributed by atoms with Crippen LogP contribution in [0.4, 0.5) is 5.69 Å². The van der Waals surface area contributed by atoms with Crippen molar-refractivity contribution in [3.05, 3.63) is 125 Å².